The number of hydrogen-bond acceptors (Lipinski definition) is 2. The summed E-state index contributed by atoms with van der Waals surface area (Å²) < 4.78 is 0. The third kappa shape index (κ3) is 15.7. The molecule has 0 aliphatic heterocycles. The minimum Gasteiger partial charge on any atom is -0.327 e. The van der Waals surface area contributed by atoms with E-state index >= 15 is 0 Å². The van der Waals surface area contributed by atoms with E-state index in [9.17, 15) is 0 Å². The van der Waals surface area contributed by atoms with Crippen LogP contribution in [0.4, 0.5) is 0 Å². The highest BCUT2D eigenvalue weighted by Crippen LogP contribution is 1.74. The molecule has 0 aromatic rings. The molecule has 0 atom stereocenters. The van der Waals surface area contributed by atoms with E-state index in [-0.39, 0.29) is 24.8 Å². The van der Waals surface area contributed by atoms with Gasteiger partial charge in [0.05, 0.1) is 0 Å². The second-order valence-corrected chi connectivity index (χ2v) is 1.97. The normalized spacial score (nSPS) is 9.20. The van der Waals surface area contributed by atoms with Gasteiger partial charge in [-0.15, -0.1) is 24.8 Å². The highest BCUT2D eigenvalue weighted by molar-refractivity contribution is 5.85. The fourth-order valence-electron chi connectivity index (χ4n) is 0.382. The molecule has 0 aliphatic rings. The van der Waals surface area contributed by atoms with Crippen LogP contribution >= 0.6 is 24.8 Å². The molecular formula is C6H16Cl2N2. The molecule has 0 radical (unpaired) electrons. The van der Waals surface area contributed by atoms with Gasteiger partial charge in [-0.05, 0) is 14.1 Å². The van der Waals surface area contributed by atoms with Gasteiger partial charge in [0.1, 0.15) is 0 Å². The van der Waals surface area contributed by atoms with Gasteiger partial charge >= 0.3 is 0 Å². The summed E-state index contributed by atoms with van der Waals surface area (Å²) in [5, 5.41) is 0. The van der Waals surface area contributed by atoms with E-state index in [0.717, 1.165) is 6.54 Å². The standard InChI is InChI=1S/C6H14N2.2ClH/c1-8(2)6-4-3-5-7;;/h3-4H,5-7H2,1-2H3;2*1H/b4-3+;;. The van der Waals surface area contributed by atoms with Crippen molar-refractivity contribution in [1.82, 2.24) is 4.90 Å². The maximum absolute atomic E-state index is 5.21. The molecular weight excluding hydrogens is 171 g/mol. The molecule has 0 saturated heterocycles. The van der Waals surface area contributed by atoms with Crippen molar-refractivity contribution in [3.05, 3.63) is 12.2 Å². The topological polar surface area (TPSA) is 29.3 Å². The molecule has 2 nitrogen and oxygen atoms in total. The molecule has 2 N–H and O–H groups in total. The number of nitrogens with two attached hydrogens (primary N) is 1. The molecule has 0 spiro atoms. The molecule has 4 heteroatoms. The summed E-state index contributed by atoms with van der Waals surface area (Å²) in [6.07, 6.45) is 4.01. The first-order valence-electron chi connectivity index (χ1n) is 2.77. The van der Waals surface area contributed by atoms with E-state index in [1.807, 2.05) is 20.2 Å². The smallest absolute Gasteiger partial charge is 0.0157 e. The lowest BCUT2D eigenvalue weighted by atomic mass is 10.5. The van der Waals surface area contributed by atoms with E-state index in [1.165, 1.54) is 0 Å². The first-order chi connectivity index (χ1) is 3.77. The van der Waals surface area contributed by atoms with Gasteiger partial charge < -0.3 is 10.6 Å². The van der Waals surface area contributed by atoms with E-state index < -0.39 is 0 Å². The predicted molar refractivity (Wildman–Crippen MR) is 51.2 cm³/mol. The number of hydrogen-bond donors (Lipinski definition) is 1. The van der Waals surface area contributed by atoms with Crippen molar-refractivity contribution >= 4 is 24.8 Å². The molecule has 0 unspecified atom stereocenters. The Labute approximate surface area is 75.3 Å². The van der Waals surface area contributed by atoms with Crippen molar-refractivity contribution < 1.29 is 0 Å². The summed E-state index contributed by atoms with van der Waals surface area (Å²) in [5.74, 6) is 0. The number of halogens is 2. The Morgan fingerprint density at radius 2 is 1.70 bits per heavy atom. The molecule has 0 amide bonds. The third-order valence-corrected chi connectivity index (χ3v) is 0.773. The lowest BCUT2D eigenvalue weighted by Crippen LogP contribution is -2.10. The van der Waals surface area contributed by atoms with Crippen molar-refractivity contribution in [2.45, 2.75) is 0 Å². The fourth-order valence-corrected chi connectivity index (χ4v) is 0.382. The highest BCUT2D eigenvalue weighted by Gasteiger charge is 1.78. The van der Waals surface area contributed by atoms with Gasteiger partial charge in [-0.1, -0.05) is 12.2 Å². The van der Waals surface area contributed by atoms with Crippen molar-refractivity contribution in [3.8, 4) is 0 Å². The Morgan fingerprint density at radius 1 is 1.20 bits per heavy atom. The van der Waals surface area contributed by atoms with E-state index in [2.05, 4.69) is 11.0 Å². The fraction of sp³-hybridized carbons (Fsp3) is 0.667. The van der Waals surface area contributed by atoms with Crippen molar-refractivity contribution in [3.63, 3.8) is 0 Å². The van der Waals surface area contributed by atoms with Gasteiger partial charge in [-0.3, -0.25) is 0 Å². The average molecular weight is 187 g/mol. The third-order valence-electron chi connectivity index (χ3n) is 0.773. The first kappa shape index (κ1) is 16.7. The zero-order chi connectivity index (χ0) is 6.41. The van der Waals surface area contributed by atoms with Crippen LogP contribution in [0.25, 0.3) is 0 Å². The van der Waals surface area contributed by atoms with E-state index in [1.54, 1.807) is 0 Å². The second-order valence-electron chi connectivity index (χ2n) is 1.97. The SMILES string of the molecule is CN(C)C/C=C/CN.Cl.Cl. The van der Waals surface area contributed by atoms with Gasteiger partial charge in [-0.2, -0.15) is 0 Å². The van der Waals surface area contributed by atoms with Crippen molar-refractivity contribution in [1.29, 1.82) is 0 Å². The van der Waals surface area contributed by atoms with Crippen LogP contribution in [0.15, 0.2) is 12.2 Å². The molecule has 0 bridgehead atoms. The lowest BCUT2D eigenvalue weighted by Gasteiger charge is -2.02. The Hall–Kier alpha value is 0.240. The Morgan fingerprint density at radius 3 is 2.00 bits per heavy atom. The summed E-state index contributed by atoms with van der Waals surface area (Å²) in [5.41, 5.74) is 5.21. The van der Waals surface area contributed by atoms with Gasteiger partial charge in [0.15, 0.2) is 0 Å². The van der Waals surface area contributed by atoms with Crippen LogP contribution in [-0.2, 0) is 0 Å². The van der Waals surface area contributed by atoms with Gasteiger partial charge in [0.25, 0.3) is 0 Å². The molecule has 0 fully saturated rings. The summed E-state index contributed by atoms with van der Waals surface area (Å²) in [7, 11) is 4.06. The molecule has 0 rings (SSSR count). The highest BCUT2D eigenvalue weighted by atomic mass is 35.5. The van der Waals surface area contributed by atoms with Crippen LogP contribution in [0.1, 0.15) is 0 Å². The number of likely N-dealkylation sites (N-methyl/N-ethyl adjacent to an activating group) is 1. The molecule has 0 aliphatic carbocycles. The van der Waals surface area contributed by atoms with E-state index in [4.69, 9.17) is 5.73 Å². The van der Waals surface area contributed by atoms with Crippen LogP contribution in [0.3, 0.4) is 0 Å². The second kappa shape index (κ2) is 12.0. The molecule has 0 saturated carbocycles. The van der Waals surface area contributed by atoms with Gasteiger partial charge in [0.2, 0.25) is 0 Å². The van der Waals surface area contributed by atoms with Crippen LogP contribution in [-0.4, -0.2) is 32.1 Å². The zero-order valence-corrected chi connectivity index (χ0v) is 8.04. The number of rotatable bonds is 3. The Bertz CT molecular complexity index is 74.1. The van der Waals surface area contributed by atoms with Crippen LogP contribution in [0, 0.1) is 0 Å². The lowest BCUT2D eigenvalue weighted by molar-refractivity contribution is 0.456. The summed E-state index contributed by atoms with van der Waals surface area (Å²) >= 11 is 0. The molecule has 0 aromatic heterocycles. The summed E-state index contributed by atoms with van der Waals surface area (Å²) in [6, 6.07) is 0. The molecule has 10 heavy (non-hydrogen) atoms. The molecule has 0 aromatic carbocycles. The summed E-state index contributed by atoms with van der Waals surface area (Å²) in [4.78, 5) is 2.09. The minimum atomic E-state index is 0. The quantitative estimate of drug-likeness (QED) is 0.665. The number of nitrogens with zero attached hydrogens (tertiary/aromatic N) is 1. The Kier molecular flexibility index (Phi) is 20.0. The predicted octanol–water partition coefficient (Wildman–Crippen LogP) is 0.906. The average Bonchev–Trinajstić information content (AvgIpc) is 1.66. The van der Waals surface area contributed by atoms with Crippen molar-refractivity contribution in [2.24, 2.45) is 5.73 Å². The molecule has 64 valence electrons. The van der Waals surface area contributed by atoms with E-state index in [0.29, 0.717) is 6.54 Å². The van der Waals surface area contributed by atoms with Crippen LogP contribution < -0.4 is 5.73 Å². The maximum atomic E-state index is 5.21. The van der Waals surface area contributed by atoms with Gasteiger partial charge in [-0.25, -0.2) is 0 Å². The van der Waals surface area contributed by atoms with Crippen LogP contribution in [0.2, 0.25) is 0 Å². The monoisotopic (exact) mass is 186 g/mol. The van der Waals surface area contributed by atoms with Gasteiger partial charge in [0, 0.05) is 13.1 Å². The first-order valence-corrected chi connectivity index (χ1v) is 2.77. The molecule has 0 heterocycles. The minimum absolute atomic E-state index is 0. The van der Waals surface area contributed by atoms with Crippen molar-refractivity contribution in [2.75, 3.05) is 27.2 Å². The van der Waals surface area contributed by atoms with Crippen LogP contribution in [0.5, 0.6) is 0 Å². The maximum Gasteiger partial charge on any atom is 0.0157 e. The largest absolute Gasteiger partial charge is 0.327 e. The summed E-state index contributed by atoms with van der Waals surface area (Å²) in [6.45, 7) is 1.63. The zero-order valence-electron chi connectivity index (χ0n) is 6.41. The Balaban J connectivity index is -0.000000245.